The van der Waals surface area contributed by atoms with E-state index in [4.69, 9.17) is 0 Å². The fraction of sp³-hybridized carbons (Fsp3) is 0.462. The summed E-state index contributed by atoms with van der Waals surface area (Å²) in [5.74, 6) is 0.166. The molecule has 1 saturated heterocycles. The average Bonchev–Trinajstić information content (AvgIpc) is 2.68. The van der Waals surface area contributed by atoms with Gasteiger partial charge in [0.25, 0.3) is 0 Å². The van der Waals surface area contributed by atoms with Gasteiger partial charge in [-0.2, -0.15) is 0 Å². The minimum absolute atomic E-state index is 0.166. The van der Waals surface area contributed by atoms with Crippen molar-refractivity contribution >= 4 is 5.91 Å². The van der Waals surface area contributed by atoms with E-state index in [2.05, 4.69) is 6.58 Å². The number of nitrogens with zero attached hydrogens (tertiary/aromatic N) is 1. The van der Waals surface area contributed by atoms with Crippen LogP contribution in [0.5, 0.6) is 0 Å². The summed E-state index contributed by atoms with van der Waals surface area (Å²) in [7, 11) is 0. The molecule has 0 spiro atoms. The van der Waals surface area contributed by atoms with Crippen LogP contribution in [0.2, 0.25) is 0 Å². The fourth-order valence-electron chi connectivity index (χ4n) is 1.60. The Morgan fingerprint density at radius 1 is 1.27 bits per heavy atom. The number of hydrogen-bond donors (Lipinski definition) is 0. The van der Waals surface area contributed by atoms with Gasteiger partial charge >= 0.3 is 0 Å². The molecule has 0 bridgehead atoms. The molecule has 1 amide bonds. The minimum Gasteiger partial charge on any atom is -0.339 e. The molecule has 0 N–H and O–H groups in total. The van der Waals surface area contributed by atoms with Crippen LogP contribution in [0.3, 0.4) is 0 Å². The highest BCUT2D eigenvalue weighted by Crippen LogP contribution is 2.11. The van der Waals surface area contributed by atoms with Crippen molar-refractivity contribution in [3.05, 3.63) is 36.0 Å². The third-order valence-electron chi connectivity index (χ3n) is 2.46. The standard InChI is InChI=1S/C13H19NO/c1-11(2)7-6-8-12(3)13(15)14-9-4-5-10-14/h6-8H,1,4-5,9-10H2,2-3H3/b7-6-,12-8+. The maximum Gasteiger partial charge on any atom is 0.249 e. The quantitative estimate of drug-likeness (QED) is 0.512. The van der Waals surface area contributed by atoms with Gasteiger partial charge in [0.1, 0.15) is 0 Å². The van der Waals surface area contributed by atoms with Crippen LogP contribution in [-0.2, 0) is 4.79 Å². The summed E-state index contributed by atoms with van der Waals surface area (Å²) < 4.78 is 0. The summed E-state index contributed by atoms with van der Waals surface area (Å²) in [6.07, 6.45) is 7.92. The average molecular weight is 205 g/mol. The molecule has 1 rings (SSSR count). The van der Waals surface area contributed by atoms with Crippen molar-refractivity contribution in [2.75, 3.05) is 13.1 Å². The predicted octanol–water partition coefficient (Wildman–Crippen LogP) is 2.69. The van der Waals surface area contributed by atoms with Gasteiger partial charge in [0.2, 0.25) is 5.91 Å². The number of carbonyl (C=O) groups is 1. The number of likely N-dealkylation sites (tertiary alicyclic amines) is 1. The van der Waals surface area contributed by atoms with E-state index in [1.807, 2.05) is 37.0 Å². The third kappa shape index (κ3) is 3.74. The number of amides is 1. The molecule has 15 heavy (non-hydrogen) atoms. The van der Waals surface area contributed by atoms with E-state index in [9.17, 15) is 4.79 Å². The summed E-state index contributed by atoms with van der Waals surface area (Å²) in [6.45, 7) is 9.38. The van der Waals surface area contributed by atoms with Crippen LogP contribution in [0.1, 0.15) is 26.7 Å². The van der Waals surface area contributed by atoms with Crippen LogP contribution in [0.25, 0.3) is 0 Å². The van der Waals surface area contributed by atoms with E-state index < -0.39 is 0 Å². The van der Waals surface area contributed by atoms with Crippen LogP contribution in [-0.4, -0.2) is 23.9 Å². The molecule has 0 aromatic carbocycles. The summed E-state index contributed by atoms with van der Waals surface area (Å²) >= 11 is 0. The van der Waals surface area contributed by atoms with Crippen molar-refractivity contribution in [3.63, 3.8) is 0 Å². The van der Waals surface area contributed by atoms with Gasteiger partial charge in [0, 0.05) is 18.7 Å². The molecule has 2 nitrogen and oxygen atoms in total. The first-order valence-corrected chi connectivity index (χ1v) is 5.41. The lowest BCUT2D eigenvalue weighted by atomic mass is 10.2. The van der Waals surface area contributed by atoms with Crippen LogP contribution in [0.4, 0.5) is 0 Å². The highest BCUT2D eigenvalue weighted by molar-refractivity contribution is 5.93. The van der Waals surface area contributed by atoms with Crippen molar-refractivity contribution in [2.45, 2.75) is 26.7 Å². The number of allylic oxidation sites excluding steroid dienone is 4. The van der Waals surface area contributed by atoms with E-state index >= 15 is 0 Å². The number of rotatable bonds is 3. The number of carbonyl (C=O) groups excluding carboxylic acids is 1. The number of hydrogen-bond acceptors (Lipinski definition) is 1. The molecule has 0 aliphatic carbocycles. The third-order valence-corrected chi connectivity index (χ3v) is 2.46. The van der Waals surface area contributed by atoms with Gasteiger partial charge in [0.05, 0.1) is 0 Å². The Morgan fingerprint density at radius 2 is 1.87 bits per heavy atom. The molecule has 0 saturated carbocycles. The monoisotopic (exact) mass is 205 g/mol. The SMILES string of the molecule is C=C(C)/C=C\C=C(/C)C(=O)N1CCCC1. The van der Waals surface area contributed by atoms with E-state index in [1.165, 1.54) is 0 Å². The molecule has 0 unspecified atom stereocenters. The zero-order valence-electron chi connectivity index (χ0n) is 9.62. The van der Waals surface area contributed by atoms with Crippen molar-refractivity contribution in [3.8, 4) is 0 Å². The van der Waals surface area contributed by atoms with Gasteiger partial charge < -0.3 is 4.90 Å². The van der Waals surface area contributed by atoms with E-state index in [1.54, 1.807) is 0 Å². The molecule has 0 aromatic heterocycles. The molecule has 1 aliphatic heterocycles. The predicted molar refractivity (Wildman–Crippen MR) is 63.5 cm³/mol. The second kappa shape index (κ2) is 5.54. The largest absolute Gasteiger partial charge is 0.339 e. The Balaban J connectivity index is 2.54. The molecule has 0 atom stereocenters. The maximum absolute atomic E-state index is 11.8. The van der Waals surface area contributed by atoms with Gasteiger partial charge in [-0.15, -0.1) is 0 Å². The molecular weight excluding hydrogens is 186 g/mol. The Morgan fingerprint density at radius 3 is 2.40 bits per heavy atom. The van der Waals surface area contributed by atoms with Crippen LogP contribution >= 0.6 is 0 Å². The van der Waals surface area contributed by atoms with Crippen molar-refractivity contribution in [1.29, 1.82) is 0 Å². The lowest BCUT2D eigenvalue weighted by molar-refractivity contribution is -0.126. The smallest absolute Gasteiger partial charge is 0.249 e. The van der Waals surface area contributed by atoms with Crippen LogP contribution in [0, 0.1) is 0 Å². The molecule has 0 radical (unpaired) electrons. The summed E-state index contributed by atoms with van der Waals surface area (Å²) in [4.78, 5) is 13.7. The van der Waals surface area contributed by atoms with E-state index in [0.717, 1.165) is 37.1 Å². The first-order valence-electron chi connectivity index (χ1n) is 5.41. The minimum atomic E-state index is 0.166. The normalized spacial score (nSPS) is 17.5. The van der Waals surface area contributed by atoms with Gasteiger partial charge in [-0.05, 0) is 26.7 Å². The first kappa shape index (κ1) is 11.8. The van der Waals surface area contributed by atoms with Gasteiger partial charge in [0.15, 0.2) is 0 Å². The maximum atomic E-state index is 11.8. The van der Waals surface area contributed by atoms with Gasteiger partial charge in [-0.25, -0.2) is 0 Å². The molecule has 82 valence electrons. The molecule has 0 aromatic rings. The molecule has 1 heterocycles. The highest BCUT2D eigenvalue weighted by Gasteiger charge is 2.18. The first-order chi connectivity index (χ1) is 7.11. The van der Waals surface area contributed by atoms with Crippen molar-refractivity contribution in [2.24, 2.45) is 0 Å². The second-order valence-electron chi connectivity index (χ2n) is 4.05. The Bertz CT molecular complexity index is 306. The van der Waals surface area contributed by atoms with Crippen LogP contribution in [0.15, 0.2) is 36.0 Å². The Kier molecular flexibility index (Phi) is 4.35. The molecular formula is C13H19NO. The van der Waals surface area contributed by atoms with E-state index in [0.29, 0.717) is 0 Å². The Labute approximate surface area is 92.0 Å². The zero-order chi connectivity index (χ0) is 11.3. The lowest BCUT2D eigenvalue weighted by Gasteiger charge is -2.14. The van der Waals surface area contributed by atoms with E-state index in [-0.39, 0.29) is 5.91 Å². The molecule has 2 heteroatoms. The summed E-state index contributed by atoms with van der Waals surface area (Å²) in [5, 5.41) is 0. The van der Waals surface area contributed by atoms with Crippen LogP contribution < -0.4 is 0 Å². The Hall–Kier alpha value is -1.31. The van der Waals surface area contributed by atoms with Crippen molar-refractivity contribution < 1.29 is 4.79 Å². The summed E-state index contributed by atoms with van der Waals surface area (Å²) in [5.41, 5.74) is 1.79. The molecule has 1 aliphatic rings. The second-order valence-corrected chi connectivity index (χ2v) is 4.05. The highest BCUT2D eigenvalue weighted by atomic mass is 16.2. The fourth-order valence-corrected chi connectivity index (χ4v) is 1.60. The van der Waals surface area contributed by atoms with Gasteiger partial charge in [-0.1, -0.05) is 30.4 Å². The van der Waals surface area contributed by atoms with Gasteiger partial charge in [-0.3, -0.25) is 4.79 Å². The van der Waals surface area contributed by atoms with Crippen molar-refractivity contribution in [1.82, 2.24) is 4.90 Å². The summed E-state index contributed by atoms with van der Waals surface area (Å²) in [6, 6.07) is 0. The topological polar surface area (TPSA) is 20.3 Å². The lowest BCUT2D eigenvalue weighted by Crippen LogP contribution is -2.28. The molecule has 1 fully saturated rings. The zero-order valence-corrected chi connectivity index (χ0v) is 9.62.